The summed E-state index contributed by atoms with van der Waals surface area (Å²) in [5.41, 5.74) is 3.82. The molecule has 1 aromatic heterocycles. The fourth-order valence-corrected chi connectivity index (χ4v) is 2.78. The molecule has 0 saturated carbocycles. The van der Waals surface area contributed by atoms with Gasteiger partial charge in [0.15, 0.2) is 0 Å². The Hall–Kier alpha value is -3.41. The number of anilines is 3. The van der Waals surface area contributed by atoms with Gasteiger partial charge in [-0.25, -0.2) is 9.97 Å². The molecule has 1 heterocycles. The summed E-state index contributed by atoms with van der Waals surface area (Å²) >= 11 is 0. The van der Waals surface area contributed by atoms with Gasteiger partial charge in [0, 0.05) is 11.9 Å². The molecule has 0 fully saturated rings. The maximum Gasteiger partial charge on any atom is 0.274 e. The number of nitrogens with one attached hydrogen (secondary N) is 2. The minimum Gasteiger partial charge on any atom is -0.489 e. The van der Waals surface area contributed by atoms with Gasteiger partial charge >= 0.3 is 0 Å². The van der Waals surface area contributed by atoms with Crippen molar-refractivity contribution in [3.8, 4) is 5.75 Å². The second-order valence-electron chi connectivity index (χ2n) is 6.77. The first kappa shape index (κ1) is 19.4. The molecule has 0 aliphatic heterocycles. The predicted molar refractivity (Wildman–Crippen MR) is 111 cm³/mol. The molecule has 3 rings (SSSR count). The summed E-state index contributed by atoms with van der Waals surface area (Å²) in [6.07, 6.45) is 1.60. The molecule has 0 atom stereocenters. The highest BCUT2D eigenvalue weighted by atomic mass is 16.5. The largest absolute Gasteiger partial charge is 0.489 e. The Kier molecular flexibility index (Phi) is 5.89. The molecule has 3 aromatic rings. The summed E-state index contributed by atoms with van der Waals surface area (Å²) in [6, 6.07) is 15.0. The van der Waals surface area contributed by atoms with Gasteiger partial charge in [-0.2, -0.15) is 0 Å². The molecule has 6 nitrogen and oxygen atoms in total. The van der Waals surface area contributed by atoms with E-state index < -0.39 is 0 Å². The van der Waals surface area contributed by atoms with E-state index in [0.717, 1.165) is 22.5 Å². The van der Waals surface area contributed by atoms with E-state index in [0.29, 0.717) is 11.7 Å². The lowest BCUT2D eigenvalue weighted by molar-refractivity contribution is 0.102. The van der Waals surface area contributed by atoms with Gasteiger partial charge in [0.25, 0.3) is 5.91 Å². The van der Waals surface area contributed by atoms with Crippen molar-refractivity contribution in [3.63, 3.8) is 0 Å². The Morgan fingerprint density at radius 3 is 2.43 bits per heavy atom. The third-order valence-electron chi connectivity index (χ3n) is 4.10. The van der Waals surface area contributed by atoms with E-state index in [-0.39, 0.29) is 17.7 Å². The average Bonchev–Trinajstić information content (AvgIpc) is 2.66. The van der Waals surface area contributed by atoms with Gasteiger partial charge in [-0.3, -0.25) is 4.79 Å². The first-order chi connectivity index (χ1) is 13.4. The van der Waals surface area contributed by atoms with E-state index in [1.54, 1.807) is 12.3 Å². The van der Waals surface area contributed by atoms with Gasteiger partial charge in [0.05, 0.1) is 11.8 Å². The van der Waals surface area contributed by atoms with Gasteiger partial charge in [0.1, 0.15) is 11.4 Å². The van der Waals surface area contributed by atoms with E-state index in [2.05, 4.69) is 20.6 Å². The Bertz CT molecular complexity index is 966. The Morgan fingerprint density at radius 2 is 1.71 bits per heavy atom. The number of benzene rings is 2. The number of aromatic nitrogens is 2. The van der Waals surface area contributed by atoms with Crippen LogP contribution in [0.25, 0.3) is 0 Å². The Labute approximate surface area is 165 Å². The fourth-order valence-electron chi connectivity index (χ4n) is 2.78. The zero-order valence-electron chi connectivity index (χ0n) is 16.5. The zero-order chi connectivity index (χ0) is 20.1. The lowest BCUT2D eigenvalue weighted by Crippen LogP contribution is -2.16. The molecule has 1 amide bonds. The molecule has 2 aromatic carbocycles. The van der Waals surface area contributed by atoms with Crippen LogP contribution in [-0.4, -0.2) is 22.0 Å². The normalized spacial score (nSPS) is 10.6. The minimum atomic E-state index is -0.283. The lowest BCUT2D eigenvalue weighted by Gasteiger charge is -2.15. The van der Waals surface area contributed by atoms with Crippen LogP contribution in [0.2, 0.25) is 0 Å². The van der Waals surface area contributed by atoms with Gasteiger partial charge in [-0.15, -0.1) is 0 Å². The number of carbonyl (C=O) groups excluding carboxylic acids is 1. The van der Waals surface area contributed by atoms with E-state index in [9.17, 15) is 4.79 Å². The second kappa shape index (κ2) is 8.52. The molecule has 28 heavy (non-hydrogen) atoms. The van der Waals surface area contributed by atoms with Crippen LogP contribution in [0, 0.1) is 13.8 Å². The van der Waals surface area contributed by atoms with E-state index >= 15 is 0 Å². The predicted octanol–water partition coefficient (Wildman–Crippen LogP) is 4.88. The number of para-hydroxylation sites is 3. The van der Waals surface area contributed by atoms with Gasteiger partial charge in [0.2, 0.25) is 5.95 Å². The number of hydrogen-bond acceptors (Lipinski definition) is 5. The molecule has 0 unspecified atom stereocenters. The molecule has 0 spiro atoms. The van der Waals surface area contributed by atoms with Crippen LogP contribution in [-0.2, 0) is 0 Å². The van der Waals surface area contributed by atoms with E-state index in [1.807, 2.05) is 70.2 Å². The molecule has 6 heteroatoms. The number of aryl methyl sites for hydroxylation is 2. The number of carbonyl (C=O) groups is 1. The van der Waals surface area contributed by atoms with Crippen molar-refractivity contribution in [2.45, 2.75) is 33.8 Å². The molecule has 0 saturated heterocycles. The maximum absolute atomic E-state index is 12.7. The minimum absolute atomic E-state index is 0.0401. The van der Waals surface area contributed by atoms with E-state index in [4.69, 9.17) is 4.74 Å². The third kappa shape index (κ3) is 4.65. The Morgan fingerprint density at radius 1 is 1.00 bits per heavy atom. The van der Waals surface area contributed by atoms with Crippen LogP contribution >= 0.6 is 0 Å². The molecular formula is C22H24N4O2. The highest BCUT2D eigenvalue weighted by Gasteiger charge is 2.13. The number of rotatable bonds is 6. The zero-order valence-corrected chi connectivity index (χ0v) is 16.5. The van der Waals surface area contributed by atoms with Gasteiger partial charge < -0.3 is 15.4 Å². The van der Waals surface area contributed by atoms with Crippen molar-refractivity contribution >= 4 is 23.2 Å². The first-order valence-electron chi connectivity index (χ1n) is 9.17. The molecule has 0 bridgehead atoms. The molecule has 0 aliphatic rings. The standard InChI is InChI=1S/C22H24N4O2/c1-14(2)28-19-11-6-5-10-17(19)24-22-23-13-12-18(25-22)21(27)26-20-15(3)8-7-9-16(20)4/h5-14H,1-4H3,(H,26,27)(H,23,24,25). The summed E-state index contributed by atoms with van der Waals surface area (Å²) in [7, 11) is 0. The summed E-state index contributed by atoms with van der Waals surface area (Å²) in [5.74, 6) is 0.745. The average molecular weight is 376 g/mol. The van der Waals surface area contributed by atoms with Crippen LogP contribution in [0.15, 0.2) is 54.7 Å². The van der Waals surface area contributed by atoms with Crippen molar-refractivity contribution < 1.29 is 9.53 Å². The SMILES string of the molecule is Cc1cccc(C)c1NC(=O)c1ccnc(Nc2ccccc2OC(C)C)n1. The number of hydrogen-bond donors (Lipinski definition) is 2. The topological polar surface area (TPSA) is 76.1 Å². The summed E-state index contributed by atoms with van der Waals surface area (Å²) in [6.45, 7) is 7.85. The van der Waals surface area contributed by atoms with Crippen LogP contribution in [0.5, 0.6) is 5.75 Å². The van der Waals surface area contributed by atoms with Crippen LogP contribution in [0.1, 0.15) is 35.5 Å². The number of amides is 1. The van der Waals surface area contributed by atoms with Crippen molar-refractivity contribution in [2.75, 3.05) is 10.6 Å². The Balaban J connectivity index is 1.80. The first-order valence-corrected chi connectivity index (χ1v) is 9.17. The highest BCUT2D eigenvalue weighted by Crippen LogP contribution is 2.27. The summed E-state index contributed by atoms with van der Waals surface area (Å²) in [4.78, 5) is 21.3. The van der Waals surface area contributed by atoms with Crippen LogP contribution in [0.4, 0.5) is 17.3 Å². The van der Waals surface area contributed by atoms with Crippen molar-refractivity contribution in [3.05, 3.63) is 71.5 Å². The molecule has 0 radical (unpaired) electrons. The molecule has 144 valence electrons. The lowest BCUT2D eigenvalue weighted by atomic mass is 10.1. The maximum atomic E-state index is 12.7. The molecular weight excluding hydrogens is 352 g/mol. The number of ether oxygens (including phenoxy) is 1. The van der Waals surface area contributed by atoms with Gasteiger partial charge in [-0.05, 0) is 57.0 Å². The second-order valence-corrected chi connectivity index (χ2v) is 6.77. The van der Waals surface area contributed by atoms with Crippen LogP contribution in [0.3, 0.4) is 0 Å². The van der Waals surface area contributed by atoms with Crippen molar-refractivity contribution in [2.24, 2.45) is 0 Å². The van der Waals surface area contributed by atoms with Crippen molar-refractivity contribution in [1.29, 1.82) is 0 Å². The summed E-state index contributed by atoms with van der Waals surface area (Å²) < 4.78 is 5.80. The third-order valence-corrected chi connectivity index (χ3v) is 4.10. The van der Waals surface area contributed by atoms with Gasteiger partial charge in [-0.1, -0.05) is 30.3 Å². The number of nitrogens with zero attached hydrogens (tertiary/aromatic N) is 2. The molecule has 2 N–H and O–H groups in total. The van der Waals surface area contributed by atoms with Crippen LogP contribution < -0.4 is 15.4 Å². The monoisotopic (exact) mass is 376 g/mol. The summed E-state index contributed by atoms with van der Waals surface area (Å²) in [5, 5.41) is 6.07. The quantitative estimate of drug-likeness (QED) is 0.641. The smallest absolute Gasteiger partial charge is 0.274 e. The molecule has 0 aliphatic carbocycles. The highest BCUT2D eigenvalue weighted by molar-refractivity contribution is 6.03. The van der Waals surface area contributed by atoms with E-state index in [1.165, 1.54) is 0 Å². The fraction of sp³-hybridized carbons (Fsp3) is 0.227. The van der Waals surface area contributed by atoms with Crippen molar-refractivity contribution in [1.82, 2.24) is 9.97 Å².